The number of hydrogen-bond donors (Lipinski definition) is 1. The van der Waals surface area contributed by atoms with Crippen LogP contribution in [-0.4, -0.2) is 27.0 Å². The number of ketones is 1. The van der Waals surface area contributed by atoms with Crippen LogP contribution in [0.1, 0.15) is 107 Å². The molecule has 30 heavy (non-hydrogen) atoms. The molecule has 2 fully saturated rings. The van der Waals surface area contributed by atoms with E-state index >= 15 is 0 Å². The molecule has 0 bridgehead atoms. The predicted molar refractivity (Wildman–Crippen MR) is 122 cm³/mol. The minimum absolute atomic E-state index is 0.121. The zero-order valence-electron chi connectivity index (χ0n) is 18.8. The monoisotopic (exact) mass is 410 g/mol. The number of imidazole rings is 1. The second-order valence-corrected chi connectivity index (χ2v) is 9.89. The van der Waals surface area contributed by atoms with Gasteiger partial charge < -0.3 is 9.67 Å². The van der Waals surface area contributed by atoms with E-state index in [9.17, 15) is 9.90 Å². The lowest BCUT2D eigenvalue weighted by atomic mass is 9.81. The number of hydrogen-bond acceptors (Lipinski definition) is 3. The molecular formula is C26H38N2O2. The van der Waals surface area contributed by atoms with Crippen molar-refractivity contribution in [1.29, 1.82) is 0 Å². The van der Waals surface area contributed by atoms with Crippen molar-refractivity contribution in [2.24, 2.45) is 11.3 Å². The van der Waals surface area contributed by atoms with Crippen LogP contribution >= 0.6 is 0 Å². The number of aromatic nitrogens is 2. The number of Topliss-reactive ketones (excluding diaryl/α,β-unsaturated/α-hetero) is 1. The van der Waals surface area contributed by atoms with Crippen molar-refractivity contribution >= 4 is 16.8 Å². The third kappa shape index (κ3) is 4.21. The second-order valence-electron chi connectivity index (χ2n) is 9.89. The van der Waals surface area contributed by atoms with Crippen molar-refractivity contribution < 1.29 is 9.90 Å². The largest absolute Gasteiger partial charge is 0.396 e. The molecule has 2 aliphatic carbocycles. The maximum atomic E-state index is 13.1. The minimum Gasteiger partial charge on any atom is -0.396 e. The maximum Gasteiger partial charge on any atom is 0.163 e. The molecular weight excluding hydrogens is 372 g/mol. The first-order valence-electron chi connectivity index (χ1n) is 12.2. The Morgan fingerprint density at radius 1 is 1.17 bits per heavy atom. The van der Waals surface area contributed by atoms with Crippen LogP contribution in [0.2, 0.25) is 0 Å². The number of nitrogens with zero attached hydrogens (tertiary/aromatic N) is 2. The lowest BCUT2D eigenvalue weighted by Gasteiger charge is -2.25. The Labute approximate surface area is 181 Å². The van der Waals surface area contributed by atoms with Crippen LogP contribution in [0.15, 0.2) is 18.2 Å². The van der Waals surface area contributed by atoms with E-state index in [0.29, 0.717) is 12.5 Å². The molecule has 1 N–H and O–H groups in total. The number of fused-ring (bicyclic) bond motifs is 1. The highest BCUT2D eigenvalue weighted by Crippen LogP contribution is 2.41. The van der Waals surface area contributed by atoms with Gasteiger partial charge in [-0.15, -0.1) is 0 Å². The standard InChI is InChI=1S/C26H38N2O2/c1-3-21(4-2)28-23-12-11-20(24(30)17-26(18-29)13-7-8-14-26)16-22(23)27-25(28)15-19-9-5-6-10-19/h11-12,16,19,21,29H,3-10,13-15,17-18H2,1-2H3. The maximum absolute atomic E-state index is 13.1. The Bertz CT molecular complexity index is 869. The summed E-state index contributed by atoms with van der Waals surface area (Å²) in [5, 5.41) is 9.91. The van der Waals surface area contributed by atoms with Gasteiger partial charge in [0.25, 0.3) is 0 Å². The Hall–Kier alpha value is -1.68. The highest BCUT2D eigenvalue weighted by atomic mass is 16.3. The van der Waals surface area contributed by atoms with Crippen molar-refractivity contribution in [1.82, 2.24) is 9.55 Å². The van der Waals surface area contributed by atoms with Gasteiger partial charge in [-0.25, -0.2) is 4.98 Å². The van der Waals surface area contributed by atoms with E-state index in [1.54, 1.807) is 0 Å². The van der Waals surface area contributed by atoms with Gasteiger partial charge in [0.2, 0.25) is 0 Å². The smallest absolute Gasteiger partial charge is 0.163 e. The number of carbonyl (C=O) groups excluding carboxylic acids is 1. The molecule has 2 aliphatic rings. The SMILES string of the molecule is CCC(CC)n1c(CC2CCCC2)nc2cc(C(=O)CC3(CO)CCCC3)ccc21. The normalized spacial score (nSPS) is 19.3. The van der Waals surface area contributed by atoms with Gasteiger partial charge >= 0.3 is 0 Å². The molecule has 2 saturated carbocycles. The van der Waals surface area contributed by atoms with E-state index in [0.717, 1.165) is 61.9 Å². The first-order chi connectivity index (χ1) is 14.6. The van der Waals surface area contributed by atoms with Crippen LogP contribution < -0.4 is 0 Å². The molecule has 1 aromatic heterocycles. The first-order valence-corrected chi connectivity index (χ1v) is 12.2. The molecule has 2 aromatic rings. The second kappa shape index (κ2) is 9.21. The highest BCUT2D eigenvalue weighted by Gasteiger charge is 2.35. The summed E-state index contributed by atoms with van der Waals surface area (Å²) in [5.41, 5.74) is 2.69. The summed E-state index contributed by atoms with van der Waals surface area (Å²) in [6.45, 7) is 4.64. The van der Waals surface area contributed by atoms with Crippen molar-refractivity contribution in [2.45, 2.75) is 96.9 Å². The highest BCUT2D eigenvalue weighted by molar-refractivity contribution is 5.99. The van der Waals surface area contributed by atoms with Gasteiger partial charge in [0.15, 0.2) is 5.78 Å². The van der Waals surface area contributed by atoms with Gasteiger partial charge in [-0.1, -0.05) is 52.4 Å². The van der Waals surface area contributed by atoms with Crippen LogP contribution in [0.25, 0.3) is 11.0 Å². The first kappa shape index (κ1) is 21.5. The molecule has 0 unspecified atom stereocenters. The summed E-state index contributed by atoms with van der Waals surface area (Å²) in [4.78, 5) is 18.1. The summed E-state index contributed by atoms with van der Waals surface area (Å²) in [7, 11) is 0. The fourth-order valence-corrected chi connectivity index (χ4v) is 5.96. The van der Waals surface area contributed by atoms with Crippen molar-refractivity contribution in [3.63, 3.8) is 0 Å². The van der Waals surface area contributed by atoms with Gasteiger partial charge in [0.05, 0.1) is 11.0 Å². The van der Waals surface area contributed by atoms with Crippen LogP contribution in [0, 0.1) is 11.3 Å². The Morgan fingerprint density at radius 3 is 2.50 bits per heavy atom. The zero-order chi connectivity index (χ0) is 21.1. The third-order valence-electron chi connectivity index (χ3n) is 7.87. The van der Waals surface area contributed by atoms with E-state index in [1.807, 2.05) is 12.1 Å². The van der Waals surface area contributed by atoms with Gasteiger partial charge in [-0.05, 0) is 49.8 Å². The molecule has 4 nitrogen and oxygen atoms in total. The molecule has 0 saturated heterocycles. The van der Waals surface area contributed by atoms with E-state index in [4.69, 9.17) is 4.98 Å². The average molecular weight is 411 g/mol. The molecule has 0 amide bonds. The molecule has 4 heteroatoms. The van der Waals surface area contributed by atoms with Crippen molar-refractivity contribution in [2.75, 3.05) is 6.61 Å². The number of benzene rings is 1. The summed E-state index contributed by atoms with van der Waals surface area (Å²) in [5.74, 6) is 2.11. The minimum atomic E-state index is -0.200. The van der Waals surface area contributed by atoms with Crippen LogP contribution in [-0.2, 0) is 6.42 Å². The lowest BCUT2D eigenvalue weighted by Crippen LogP contribution is -2.25. The van der Waals surface area contributed by atoms with E-state index in [2.05, 4.69) is 24.5 Å². The molecule has 0 radical (unpaired) electrons. The number of aliphatic hydroxyl groups is 1. The van der Waals surface area contributed by atoms with Crippen molar-refractivity contribution in [3.05, 3.63) is 29.6 Å². The Kier molecular flexibility index (Phi) is 6.62. The fourth-order valence-electron chi connectivity index (χ4n) is 5.96. The van der Waals surface area contributed by atoms with Gasteiger partial charge in [-0.2, -0.15) is 0 Å². The third-order valence-corrected chi connectivity index (χ3v) is 7.87. The molecule has 1 aromatic carbocycles. The summed E-state index contributed by atoms with van der Waals surface area (Å²) < 4.78 is 2.47. The summed E-state index contributed by atoms with van der Waals surface area (Å²) >= 11 is 0. The topological polar surface area (TPSA) is 55.1 Å². The van der Waals surface area contributed by atoms with Crippen molar-refractivity contribution in [3.8, 4) is 0 Å². The van der Waals surface area contributed by atoms with E-state index in [1.165, 1.54) is 37.0 Å². The molecule has 0 atom stereocenters. The summed E-state index contributed by atoms with van der Waals surface area (Å²) in [6, 6.07) is 6.58. The molecule has 0 spiro atoms. The predicted octanol–water partition coefficient (Wildman–Crippen LogP) is 6.26. The van der Waals surface area contributed by atoms with Crippen LogP contribution in [0.4, 0.5) is 0 Å². The van der Waals surface area contributed by atoms with Crippen LogP contribution in [0.3, 0.4) is 0 Å². The van der Waals surface area contributed by atoms with E-state index in [-0.39, 0.29) is 17.8 Å². The Balaban J connectivity index is 1.65. The molecule has 164 valence electrons. The molecule has 0 aliphatic heterocycles. The van der Waals surface area contributed by atoms with Gasteiger partial charge in [0.1, 0.15) is 5.82 Å². The Morgan fingerprint density at radius 2 is 1.87 bits per heavy atom. The number of rotatable bonds is 9. The van der Waals surface area contributed by atoms with Crippen LogP contribution in [0.5, 0.6) is 0 Å². The number of aliphatic hydroxyl groups excluding tert-OH is 1. The molecule has 1 heterocycles. The van der Waals surface area contributed by atoms with Gasteiger partial charge in [-0.3, -0.25) is 4.79 Å². The van der Waals surface area contributed by atoms with E-state index < -0.39 is 0 Å². The fraction of sp³-hybridized carbons (Fsp3) is 0.692. The summed E-state index contributed by atoms with van der Waals surface area (Å²) in [6.07, 6.45) is 13.2. The molecule has 4 rings (SSSR count). The lowest BCUT2D eigenvalue weighted by molar-refractivity contribution is 0.0793. The number of carbonyl (C=O) groups is 1. The average Bonchev–Trinajstić information content (AvgIpc) is 3.50. The van der Waals surface area contributed by atoms with Gasteiger partial charge in [0, 0.05) is 36.5 Å². The quantitative estimate of drug-likeness (QED) is 0.497. The zero-order valence-corrected chi connectivity index (χ0v) is 18.8.